The van der Waals surface area contributed by atoms with Gasteiger partial charge in [-0.25, -0.2) is 0 Å². The third-order valence-electron chi connectivity index (χ3n) is 4.76. The van der Waals surface area contributed by atoms with Crippen molar-refractivity contribution in [2.75, 3.05) is 19.6 Å². The summed E-state index contributed by atoms with van der Waals surface area (Å²) in [4.78, 5) is 2.81. The van der Waals surface area contributed by atoms with Crippen LogP contribution in [0.15, 0.2) is 0 Å². The Morgan fingerprint density at radius 1 is 1.18 bits per heavy atom. The summed E-state index contributed by atoms with van der Waals surface area (Å²) in [5.74, 6) is 1.03. The van der Waals surface area contributed by atoms with E-state index in [2.05, 4.69) is 24.1 Å². The summed E-state index contributed by atoms with van der Waals surface area (Å²) in [5.41, 5.74) is 0. The molecule has 2 fully saturated rings. The molecule has 0 amide bonds. The van der Waals surface area contributed by atoms with Crippen LogP contribution in [0.4, 0.5) is 0 Å². The van der Waals surface area contributed by atoms with Crippen LogP contribution in [0, 0.1) is 5.92 Å². The van der Waals surface area contributed by atoms with E-state index < -0.39 is 0 Å². The zero-order valence-electron chi connectivity index (χ0n) is 11.8. The van der Waals surface area contributed by atoms with Gasteiger partial charge in [0.05, 0.1) is 0 Å². The van der Waals surface area contributed by atoms with Crippen molar-refractivity contribution in [2.45, 2.75) is 70.9 Å². The molecule has 2 aliphatic rings. The Kier molecular flexibility index (Phi) is 5.30. The number of hydrogen-bond acceptors (Lipinski definition) is 2. The first kappa shape index (κ1) is 13.4. The average Bonchev–Trinajstić information content (AvgIpc) is 2.36. The molecule has 1 saturated heterocycles. The van der Waals surface area contributed by atoms with Gasteiger partial charge in [-0.3, -0.25) is 0 Å². The van der Waals surface area contributed by atoms with E-state index in [-0.39, 0.29) is 0 Å². The largest absolute Gasteiger partial charge is 0.314 e. The van der Waals surface area contributed by atoms with Crippen molar-refractivity contribution < 1.29 is 0 Å². The minimum absolute atomic E-state index is 0.684. The van der Waals surface area contributed by atoms with E-state index in [1.807, 2.05) is 0 Å². The maximum absolute atomic E-state index is 3.53. The van der Waals surface area contributed by atoms with Crippen molar-refractivity contribution in [1.29, 1.82) is 0 Å². The highest BCUT2D eigenvalue weighted by Crippen LogP contribution is 2.35. The predicted molar refractivity (Wildman–Crippen MR) is 74.3 cm³/mol. The van der Waals surface area contributed by atoms with Crippen LogP contribution in [0.1, 0.15) is 58.8 Å². The Bertz CT molecular complexity index is 215. The molecule has 0 aromatic carbocycles. The van der Waals surface area contributed by atoms with Crippen molar-refractivity contribution in [3.8, 4) is 0 Å². The number of piperidine rings is 1. The number of nitrogens with zero attached hydrogens (tertiary/aromatic N) is 1. The minimum atomic E-state index is 0.684. The molecule has 2 nitrogen and oxygen atoms in total. The lowest BCUT2D eigenvalue weighted by Crippen LogP contribution is -2.48. The van der Waals surface area contributed by atoms with Crippen molar-refractivity contribution in [3.63, 3.8) is 0 Å². The van der Waals surface area contributed by atoms with Gasteiger partial charge in [0.2, 0.25) is 0 Å². The second kappa shape index (κ2) is 6.75. The fourth-order valence-electron chi connectivity index (χ4n) is 3.82. The Morgan fingerprint density at radius 2 is 1.94 bits per heavy atom. The molecule has 17 heavy (non-hydrogen) atoms. The standard InChI is InChI=1S/C15H30N2/c1-3-16-13(2)10-12-17-11-6-8-14-7-4-5-9-15(14)17/h13-16H,3-12H2,1-2H3. The first-order chi connectivity index (χ1) is 8.31. The van der Waals surface area contributed by atoms with Crippen LogP contribution in [-0.4, -0.2) is 36.6 Å². The van der Waals surface area contributed by atoms with Gasteiger partial charge in [0.1, 0.15) is 0 Å². The number of hydrogen-bond donors (Lipinski definition) is 1. The van der Waals surface area contributed by atoms with Gasteiger partial charge in [-0.15, -0.1) is 0 Å². The molecule has 100 valence electrons. The summed E-state index contributed by atoms with van der Waals surface area (Å²) < 4.78 is 0. The monoisotopic (exact) mass is 238 g/mol. The number of likely N-dealkylation sites (tertiary alicyclic amines) is 1. The molecule has 1 N–H and O–H groups in total. The van der Waals surface area contributed by atoms with E-state index >= 15 is 0 Å². The maximum Gasteiger partial charge on any atom is 0.0123 e. The van der Waals surface area contributed by atoms with E-state index in [9.17, 15) is 0 Å². The molecule has 3 atom stereocenters. The summed E-state index contributed by atoms with van der Waals surface area (Å²) in [6.45, 7) is 8.31. The van der Waals surface area contributed by atoms with E-state index in [0.717, 1.165) is 18.5 Å². The molecule has 1 aliphatic carbocycles. The Hall–Kier alpha value is -0.0800. The molecule has 1 heterocycles. The third-order valence-corrected chi connectivity index (χ3v) is 4.76. The molecule has 3 unspecified atom stereocenters. The number of nitrogens with one attached hydrogen (secondary N) is 1. The summed E-state index contributed by atoms with van der Waals surface area (Å²) in [6, 6.07) is 1.62. The van der Waals surface area contributed by atoms with E-state index in [0.29, 0.717) is 6.04 Å². The predicted octanol–water partition coefficient (Wildman–Crippen LogP) is 3.03. The molecule has 0 aromatic heterocycles. The topological polar surface area (TPSA) is 15.3 Å². The Morgan fingerprint density at radius 3 is 2.76 bits per heavy atom. The van der Waals surface area contributed by atoms with Crippen molar-refractivity contribution >= 4 is 0 Å². The Labute approximate surface area is 107 Å². The molecule has 0 bridgehead atoms. The van der Waals surface area contributed by atoms with E-state index in [1.165, 1.54) is 58.0 Å². The highest BCUT2D eigenvalue weighted by atomic mass is 15.2. The highest BCUT2D eigenvalue weighted by Gasteiger charge is 2.32. The smallest absolute Gasteiger partial charge is 0.0123 e. The average molecular weight is 238 g/mol. The van der Waals surface area contributed by atoms with Crippen molar-refractivity contribution in [1.82, 2.24) is 10.2 Å². The van der Waals surface area contributed by atoms with E-state index in [4.69, 9.17) is 0 Å². The van der Waals surface area contributed by atoms with Crippen LogP contribution in [0.3, 0.4) is 0 Å². The van der Waals surface area contributed by atoms with Gasteiger partial charge in [0.25, 0.3) is 0 Å². The quantitative estimate of drug-likeness (QED) is 0.792. The second-order valence-corrected chi connectivity index (χ2v) is 6.04. The van der Waals surface area contributed by atoms with Gasteiger partial charge >= 0.3 is 0 Å². The summed E-state index contributed by atoms with van der Waals surface area (Å²) in [6.07, 6.45) is 10.2. The normalized spacial score (nSPS) is 32.1. The third kappa shape index (κ3) is 3.69. The molecule has 1 saturated carbocycles. The molecule has 0 aromatic rings. The van der Waals surface area contributed by atoms with Crippen LogP contribution >= 0.6 is 0 Å². The molecular weight excluding hydrogens is 208 g/mol. The van der Waals surface area contributed by atoms with Gasteiger partial charge < -0.3 is 10.2 Å². The van der Waals surface area contributed by atoms with Crippen molar-refractivity contribution in [2.24, 2.45) is 5.92 Å². The minimum Gasteiger partial charge on any atom is -0.314 e. The summed E-state index contributed by atoms with van der Waals surface area (Å²) in [7, 11) is 0. The van der Waals surface area contributed by atoms with Crippen LogP contribution in [-0.2, 0) is 0 Å². The molecule has 0 spiro atoms. The van der Waals surface area contributed by atoms with Gasteiger partial charge in [0, 0.05) is 12.1 Å². The highest BCUT2D eigenvalue weighted by molar-refractivity contribution is 4.87. The summed E-state index contributed by atoms with van der Waals surface area (Å²) in [5, 5.41) is 3.53. The van der Waals surface area contributed by atoms with Crippen LogP contribution in [0.2, 0.25) is 0 Å². The lowest BCUT2D eigenvalue weighted by atomic mass is 9.78. The maximum atomic E-state index is 3.53. The zero-order chi connectivity index (χ0) is 12.1. The number of fused-ring (bicyclic) bond motifs is 1. The fourth-order valence-corrected chi connectivity index (χ4v) is 3.82. The van der Waals surface area contributed by atoms with Crippen LogP contribution in [0.5, 0.6) is 0 Å². The van der Waals surface area contributed by atoms with Crippen LogP contribution in [0.25, 0.3) is 0 Å². The first-order valence-corrected chi connectivity index (χ1v) is 7.78. The molecule has 2 rings (SSSR count). The van der Waals surface area contributed by atoms with E-state index in [1.54, 1.807) is 0 Å². The van der Waals surface area contributed by atoms with Crippen LogP contribution < -0.4 is 5.32 Å². The lowest BCUT2D eigenvalue weighted by molar-refractivity contribution is 0.0582. The van der Waals surface area contributed by atoms with Gasteiger partial charge in [0.15, 0.2) is 0 Å². The van der Waals surface area contributed by atoms with Gasteiger partial charge in [-0.2, -0.15) is 0 Å². The molecule has 0 radical (unpaired) electrons. The Balaban J connectivity index is 1.78. The first-order valence-electron chi connectivity index (χ1n) is 7.78. The zero-order valence-corrected chi connectivity index (χ0v) is 11.8. The lowest BCUT2D eigenvalue weighted by Gasteiger charge is -2.44. The summed E-state index contributed by atoms with van der Waals surface area (Å²) >= 11 is 0. The second-order valence-electron chi connectivity index (χ2n) is 6.04. The van der Waals surface area contributed by atoms with Crippen molar-refractivity contribution in [3.05, 3.63) is 0 Å². The van der Waals surface area contributed by atoms with Gasteiger partial charge in [-0.1, -0.05) is 19.8 Å². The number of rotatable bonds is 5. The molecule has 1 aliphatic heterocycles. The van der Waals surface area contributed by atoms with Gasteiger partial charge in [-0.05, 0) is 64.6 Å². The molecular formula is C15H30N2. The SMILES string of the molecule is CCNC(C)CCN1CCCC2CCCCC21. The molecule has 2 heteroatoms. The fraction of sp³-hybridized carbons (Fsp3) is 1.00.